The van der Waals surface area contributed by atoms with E-state index >= 15 is 0 Å². The first-order chi connectivity index (χ1) is 6.82. The van der Waals surface area contributed by atoms with Crippen molar-refractivity contribution in [1.29, 1.82) is 0 Å². The number of carboxylic acids is 1. The van der Waals surface area contributed by atoms with Crippen molar-refractivity contribution in [2.75, 3.05) is 13.7 Å². The van der Waals surface area contributed by atoms with Gasteiger partial charge in [-0.1, -0.05) is 0 Å². The Labute approximate surface area is 84.0 Å². The number of rotatable bonds is 2. The minimum Gasteiger partial charge on any atom is -0.479 e. The highest BCUT2D eigenvalue weighted by Crippen LogP contribution is 2.36. The number of ether oxygens (including phenoxy) is 2. The number of carboxylic acid groups (broad SMARTS) is 1. The number of hydrogen-bond donors (Lipinski definition) is 1. The molecule has 2 unspecified atom stereocenters. The Morgan fingerprint density at radius 2 is 2.20 bits per heavy atom. The van der Waals surface area contributed by atoms with Crippen molar-refractivity contribution in [2.45, 2.75) is 30.7 Å². The van der Waals surface area contributed by atoms with Crippen LogP contribution in [0.25, 0.3) is 0 Å². The third kappa shape index (κ3) is 2.40. The van der Waals surface area contributed by atoms with Crippen LogP contribution in [0.15, 0.2) is 0 Å². The third-order valence-corrected chi connectivity index (χ3v) is 2.49. The van der Waals surface area contributed by atoms with E-state index in [0.717, 1.165) is 7.11 Å². The second kappa shape index (κ2) is 3.97. The van der Waals surface area contributed by atoms with Crippen LogP contribution in [0.4, 0.5) is 13.2 Å². The summed E-state index contributed by atoms with van der Waals surface area (Å²) in [6.07, 6.45) is -7.41. The third-order valence-electron chi connectivity index (χ3n) is 2.49. The van der Waals surface area contributed by atoms with Gasteiger partial charge in [0.05, 0.1) is 6.61 Å². The Morgan fingerprint density at radius 1 is 1.60 bits per heavy atom. The van der Waals surface area contributed by atoms with Gasteiger partial charge in [0.25, 0.3) is 0 Å². The van der Waals surface area contributed by atoms with Crippen molar-refractivity contribution in [3.63, 3.8) is 0 Å². The van der Waals surface area contributed by atoms with Crippen LogP contribution in [0.2, 0.25) is 0 Å². The van der Waals surface area contributed by atoms with Gasteiger partial charge in [-0.15, -0.1) is 0 Å². The van der Waals surface area contributed by atoms with Crippen LogP contribution in [-0.4, -0.2) is 42.7 Å². The molecule has 0 amide bonds. The van der Waals surface area contributed by atoms with Gasteiger partial charge in [-0.25, -0.2) is 4.79 Å². The Morgan fingerprint density at radius 3 is 2.60 bits per heavy atom. The predicted octanol–water partition coefficient (Wildman–Crippen LogP) is 1.20. The van der Waals surface area contributed by atoms with Gasteiger partial charge >= 0.3 is 12.1 Å². The molecule has 0 spiro atoms. The number of halogens is 3. The van der Waals surface area contributed by atoms with Crippen molar-refractivity contribution in [1.82, 2.24) is 0 Å². The van der Waals surface area contributed by atoms with Crippen LogP contribution < -0.4 is 0 Å². The molecule has 1 heterocycles. The fraction of sp³-hybridized carbons (Fsp3) is 0.875. The Bertz CT molecular complexity index is 253. The summed E-state index contributed by atoms with van der Waals surface area (Å²) >= 11 is 0. The van der Waals surface area contributed by atoms with Gasteiger partial charge in [0, 0.05) is 20.0 Å². The molecule has 15 heavy (non-hydrogen) atoms. The van der Waals surface area contributed by atoms with Crippen molar-refractivity contribution in [2.24, 2.45) is 0 Å². The van der Waals surface area contributed by atoms with E-state index in [1.54, 1.807) is 0 Å². The average Bonchev–Trinajstić information content (AvgIpc) is 2.16. The molecule has 7 heteroatoms. The second-order valence-electron chi connectivity index (χ2n) is 3.36. The van der Waals surface area contributed by atoms with Gasteiger partial charge in [0.15, 0.2) is 11.7 Å². The van der Waals surface area contributed by atoms with E-state index < -0.39 is 30.3 Å². The van der Waals surface area contributed by atoms with Crippen molar-refractivity contribution < 1.29 is 32.5 Å². The van der Waals surface area contributed by atoms with E-state index in [1.165, 1.54) is 0 Å². The zero-order valence-corrected chi connectivity index (χ0v) is 8.00. The van der Waals surface area contributed by atoms with Crippen molar-refractivity contribution in [3.05, 3.63) is 0 Å². The van der Waals surface area contributed by atoms with E-state index in [9.17, 15) is 18.0 Å². The summed E-state index contributed by atoms with van der Waals surface area (Å²) in [4.78, 5) is 10.8. The summed E-state index contributed by atoms with van der Waals surface area (Å²) in [7, 11) is 1.09. The number of hydrogen-bond acceptors (Lipinski definition) is 3. The van der Waals surface area contributed by atoms with E-state index in [2.05, 4.69) is 9.47 Å². The van der Waals surface area contributed by atoms with Crippen LogP contribution >= 0.6 is 0 Å². The molecular formula is C8H11F3O4. The summed E-state index contributed by atoms with van der Waals surface area (Å²) in [5.74, 6) is -1.39. The number of aliphatic carboxylic acids is 1. The molecule has 1 aliphatic rings. The maximum absolute atomic E-state index is 12.3. The molecule has 2 atom stereocenters. The lowest BCUT2D eigenvalue weighted by Crippen LogP contribution is -2.52. The minimum absolute atomic E-state index is 0.0780. The molecule has 0 aliphatic carbocycles. The van der Waals surface area contributed by atoms with Crippen molar-refractivity contribution >= 4 is 5.97 Å². The number of alkyl halides is 3. The van der Waals surface area contributed by atoms with Crippen LogP contribution in [0.5, 0.6) is 0 Å². The smallest absolute Gasteiger partial charge is 0.414 e. The SMILES string of the molecule is COC1(C(=O)O)CCOC(C(F)(F)F)C1. The fourth-order valence-corrected chi connectivity index (χ4v) is 1.50. The molecule has 4 nitrogen and oxygen atoms in total. The maximum atomic E-state index is 12.3. The van der Waals surface area contributed by atoms with Gasteiger partial charge in [-0.3, -0.25) is 0 Å². The Hall–Kier alpha value is -0.820. The zero-order valence-electron chi connectivity index (χ0n) is 8.00. The van der Waals surface area contributed by atoms with E-state index in [0.29, 0.717) is 0 Å². The van der Waals surface area contributed by atoms with Crippen LogP contribution in [0, 0.1) is 0 Å². The lowest BCUT2D eigenvalue weighted by molar-refractivity contribution is -0.256. The molecule has 0 aromatic heterocycles. The van der Waals surface area contributed by atoms with Gasteiger partial charge in [0.1, 0.15) is 0 Å². The molecule has 0 bridgehead atoms. The highest BCUT2D eigenvalue weighted by atomic mass is 19.4. The summed E-state index contributed by atoms with van der Waals surface area (Å²) < 4.78 is 46.1. The van der Waals surface area contributed by atoms with Crippen molar-refractivity contribution in [3.8, 4) is 0 Å². The first-order valence-electron chi connectivity index (χ1n) is 4.29. The summed E-state index contributed by atoms with van der Waals surface area (Å²) in [5, 5.41) is 8.82. The summed E-state index contributed by atoms with van der Waals surface area (Å²) in [6.45, 7) is -0.273. The molecule has 1 saturated heterocycles. The van der Waals surface area contributed by atoms with Crippen LogP contribution in [0.1, 0.15) is 12.8 Å². The minimum atomic E-state index is -4.56. The molecule has 1 N–H and O–H groups in total. The predicted molar refractivity (Wildman–Crippen MR) is 42.4 cm³/mol. The molecule has 0 saturated carbocycles. The molecular weight excluding hydrogens is 217 g/mol. The fourth-order valence-electron chi connectivity index (χ4n) is 1.50. The highest BCUT2D eigenvalue weighted by Gasteiger charge is 2.52. The Kier molecular flexibility index (Phi) is 3.25. The van der Waals surface area contributed by atoms with E-state index in [4.69, 9.17) is 5.11 Å². The highest BCUT2D eigenvalue weighted by molar-refractivity contribution is 5.77. The maximum Gasteiger partial charge on any atom is 0.414 e. The molecule has 1 aliphatic heterocycles. The normalized spacial score (nSPS) is 32.7. The quantitative estimate of drug-likeness (QED) is 0.771. The van der Waals surface area contributed by atoms with Gasteiger partial charge in [-0.05, 0) is 0 Å². The molecule has 1 fully saturated rings. The summed E-state index contributed by atoms with van der Waals surface area (Å²) in [5.41, 5.74) is -1.78. The molecule has 1 rings (SSSR count). The van der Waals surface area contributed by atoms with E-state index in [-0.39, 0.29) is 13.0 Å². The molecule has 0 aromatic carbocycles. The van der Waals surface area contributed by atoms with E-state index in [1.807, 2.05) is 0 Å². The first-order valence-corrected chi connectivity index (χ1v) is 4.29. The average molecular weight is 228 g/mol. The standard InChI is InChI=1S/C8H11F3O4/c1-14-7(6(12)13)2-3-15-5(4-7)8(9,10)11/h5H,2-4H2,1H3,(H,12,13). The Balaban J connectivity index is 2.82. The number of carbonyl (C=O) groups is 1. The van der Waals surface area contributed by atoms with Crippen LogP contribution in [0.3, 0.4) is 0 Å². The molecule has 88 valence electrons. The van der Waals surface area contributed by atoms with Gasteiger partial charge < -0.3 is 14.6 Å². The largest absolute Gasteiger partial charge is 0.479 e. The monoisotopic (exact) mass is 228 g/mol. The topological polar surface area (TPSA) is 55.8 Å². The first kappa shape index (κ1) is 12.3. The lowest BCUT2D eigenvalue weighted by Gasteiger charge is -2.36. The second-order valence-corrected chi connectivity index (χ2v) is 3.36. The summed E-state index contributed by atoms with van der Waals surface area (Å²) in [6, 6.07) is 0. The molecule has 0 aromatic rings. The van der Waals surface area contributed by atoms with Gasteiger partial charge in [0.2, 0.25) is 0 Å². The zero-order chi connectivity index (χ0) is 11.7. The van der Waals surface area contributed by atoms with Gasteiger partial charge in [-0.2, -0.15) is 13.2 Å². The number of methoxy groups -OCH3 is 1. The van der Waals surface area contributed by atoms with Crippen LogP contribution in [-0.2, 0) is 14.3 Å². The molecule has 0 radical (unpaired) electrons. The lowest BCUT2D eigenvalue weighted by atomic mass is 9.90.